The summed E-state index contributed by atoms with van der Waals surface area (Å²) in [5.41, 5.74) is 0.107. The molecule has 0 saturated heterocycles. The zero-order chi connectivity index (χ0) is 13.0. The van der Waals surface area contributed by atoms with Gasteiger partial charge < -0.3 is 5.11 Å². The third-order valence-electron chi connectivity index (χ3n) is 3.10. The van der Waals surface area contributed by atoms with Gasteiger partial charge >= 0.3 is 5.97 Å². The molecule has 1 aromatic carbocycles. The number of aliphatic carboxylic acids is 1. The van der Waals surface area contributed by atoms with Gasteiger partial charge in [-0.1, -0.05) is 44.4 Å². The van der Waals surface area contributed by atoms with E-state index in [1.807, 2.05) is 13.8 Å². The highest BCUT2D eigenvalue weighted by molar-refractivity contribution is 6.31. The number of benzene rings is 1. The normalized spacial score (nSPS) is 12.8. The van der Waals surface area contributed by atoms with Gasteiger partial charge in [0.2, 0.25) is 0 Å². The third kappa shape index (κ3) is 2.97. The van der Waals surface area contributed by atoms with Gasteiger partial charge in [0.1, 0.15) is 5.82 Å². The van der Waals surface area contributed by atoms with Crippen molar-refractivity contribution in [1.29, 1.82) is 0 Å². The Morgan fingerprint density at radius 2 is 2.00 bits per heavy atom. The van der Waals surface area contributed by atoms with Crippen molar-refractivity contribution < 1.29 is 14.3 Å². The molecule has 1 unspecified atom stereocenters. The number of carbonyl (C=O) groups is 1. The number of halogens is 2. The lowest BCUT2D eigenvalue weighted by molar-refractivity contribution is -0.140. The molecule has 0 fully saturated rings. The molecule has 0 saturated carbocycles. The van der Waals surface area contributed by atoms with E-state index in [4.69, 9.17) is 11.6 Å². The Hall–Kier alpha value is -1.09. The number of hydrogen-bond acceptors (Lipinski definition) is 1. The van der Waals surface area contributed by atoms with Gasteiger partial charge in [0.25, 0.3) is 0 Å². The number of hydrogen-bond donors (Lipinski definition) is 1. The van der Waals surface area contributed by atoms with Crippen LogP contribution in [0.3, 0.4) is 0 Å². The first-order chi connectivity index (χ1) is 8.02. The molecule has 1 aromatic rings. The molecule has 0 radical (unpaired) electrons. The fourth-order valence-corrected chi connectivity index (χ4v) is 2.41. The van der Waals surface area contributed by atoms with E-state index >= 15 is 0 Å². The van der Waals surface area contributed by atoms with Crippen LogP contribution < -0.4 is 0 Å². The molecule has 2 nitrogen and oxygen atoms in total. The highest BCUT2D eigenvalue weighted by Crippen LogP contribution is 2.35. The molecule has 1 rings (SSSR count). The number of carboxylic acids is 1. The van der Waals surface area contributed by atoms with Gasteiger partial charge in [0.15, 0.2) is 0 Å². The maximum Gasteiger partial charge on any atom is 0.311 e. The maximum atomic E-state index is 13.7. The Kier molecular flexibility index (Phi) is 4.94. The molecule has 0 amide bonds. The lowest BCUT2D eigenvalue weighted by atomic mass is 9.82. The first kappa shape index (κ1) is 14.0. The fraction of sp³-hybridized carbons (Fsp3) is 0.462. The van der Waals surface area contributed by atoms with Crippen LogP contribution in [0.15, 0.2) is 18.2 Å². The standard InChI is InChI=1S/C13H16ClFO2/c1-3-8(4-2)11(13(16)17)12-9(14)6-5-7-10(12)15/h5-8,11H,3-4H2,1-2H3,(H,16,17). The Morgan fingerprint density at radius 1 is 1.41 bits per heavy atom. The quantitative estimate of drug-likeness (QED) is 0.864. The second-order valence-corrected chi connectivity index (χ2v) is 4.44. The highest BCUT2D eigenvalue weighted by Gasteiger charge is 2.31. The molecule has 4 heteroatoms. The minimum absolute atomic E-state index is 0.107. The van der Waals surface area contributed by atoms with Gasteiger partial charge in [-0.05, 0) is 18.1 Å². The monoisotopic (exact) mass is 258 g/mol. The smallest absolute Gasteiger partial charge is 0.311 e. The lowest BCUT2D eigenvalue weighted by Gasteiger charge is -2.23. The van der Waals surface area contributed by atoms with Crippen molar-refractivity contribution in [3.8, 4) is 0 Å². The maximum absolute atomic E-state index is 13.7. The van der Waals surface area contributed by atoms with Gasteiger partial charge in [-0.25, -0.2) is 4.39 Å². The van der Waals surface area contributed by atoms with Crippen LogP contribution in [0, 0.1) is 11.7 Å². The summed E-state index contributed by atoms with van der Waals surface area (Å²) in [5, 5.41) is 9.47. The van der Waals surface area contributed by atoms with Crippen LogP contribution in [0.5, 0.6) is 0 Å². The average Bonchev–Trinajstić information content (AvgIpc) is 2.27. The van der Waals surface area contributed by atoms with Crippen molar-refractivity contribution in [2.24, 2.45) is 5.92 Å². The van der Waals surface area contributed by atoms with E-state index in [1.54, 1.807) is 0 Å². The zero-order valence-corrected chi connectivity index (χ0v) is 10.7. The average molecular weight is 259 g/mol. The van der Waals surface area contributed by atoms with E-state index in [1.165, 1.54) is 18.2 Å². The minimum atomic E-state index is -1.02. The summed E-state index contributed by atoms with van der Waals surface area (Å²) in [4.78, 5) is 11.3. The van der Waals surface area contributed by atoms with Crippen molar-refractivity contribution >= 4 is 17.6 Å². The molecule has 94 valence electrons. The summed E-state index contributed by atoms with van der Waals surface area (Å²) in [6, 6.07) is 4.25. The molecule has 0 bridgehead atoms. The summed E-state index contributed by atoms with van der Waals surface area (Å²) >= 11 is 5.92. The van der Waals surface area contributed by atoms with E-state index in [0.29, 0.717) is 12.8 Å². The van der Waals surface area contributed by atoms with E-state index in [-0.39, 0.29) is 16.5 Å². The molecule has 0 aliphatic heterocycles. The minimum Gasteiger partial charge on any atom is -0.481 e. The van der Waals surface area contributed by atoms with Crippen molar-refractivity contribution in [3.05, 3.63) is 34.6 Å². The van der Waals surface area contributed by atoms with Crippen LogP contribution in [0.4, 0.5) is 4.39 Å². The lowest BCUT2D eigenvalue weighted by Crippen LogP contribution is -2.22. The third-order valence-corrected chi connectivity index (χ3v) is 3.43. The Morgan fingerprint density at radius 3 is 2.41 bits per heavy atom. The first-order valence-electron chi connectivity index (χ1n) is 5.69. The molecular weight excluding hydrogens is 243 g/mol. The van der Waals surface area contributed by atoms with Crippen molar-refractivity contribution in [3.63, 3.8) is 0 Å². The molecule has 1 atom stereocenters. The zero-order valence-electron chi connectivity index (χ0n) is 9.91. The van der Waals surface area contributed by atoms with Gasteiger partial charge in [-0.15, -0.1) is 0 Å². The van der Waals surface area contributed by atoms with Crippen LogP contribution in [0.25, 0.3) is 0 Å². The van der Waals surface area contributed by atoms with Crippen LogP contribution in [0.2, 0.25) is 5.02 Å². The second-order valence-electron chi connectivity index (χ2n) is 4.03. The van der Waals surface area contributed by atoms with E-state index in [2.05, 4.69) is 0 Å². The first-order valence-corrected chi connectivity index (χ1v) is 6.07. The summed E-state index contributed by atoms with van der Waals surface area (Å²) in [6.07, 6.45) is 1.36. The summed E-state index contributed by atoms with van der Waals surface area (Å²) in [7, 11) is 0. The summed E-state index contributed by atoms with van der Waals surface area (Å²) < 4.78 is 13.7. The van der Waals surface area contributed by atoms with Crippen molar-refractivity contribution in [1.82, 2.24) is 0 Å². The fourth-order valence-electron chi connectivity index (χ4n) is 2.13. The SMILES string of the molecule is CCC(CC)C(C(=O)O)c1c(F)cccc1Cl. The number of carboxylic acid groups (broad SMARTS) is 1. The van der Waals surface area contributed by atoms with Gasteiger partial charge in [0.05, 0.1) is 5.92 Å². The van der Waals surface area contributed by atoms with E-state index in [0.717, 1.165) is 0 Å². The number of rotatable bonds is 5. The van der Waals surface area contributed by atoms with E-state index < -0.39 is 17.7 Å². The molecule has 1 N–H and O–H groups in total. The predicted octanol–water partition coefficient (Wildman–Crippen LogP) is 4.08. The highest BCUT2D eigenvalue weighted by atomic mass is 35.5. The Bertz CT molecular complexity index is 382. The second kappa shape index (κ2) is 6.01. The topological polar surface area (TPSA) is 37.3 Å². The molecule has 0 spiro atoms. The molecule has 17 heavy (non-hydrogen) atoms. The van der Waals surface area contributed by atoms with Crippen LogP contribution in [0.1, 0.15) is 38.2 Å². The Balaban J connectivity index is 3.27. The molecule has 0 aliphatic rings. The van der Waals surface area contributed by atoms with E-state index in [9.17, 15) is 14.3 Å². The summed E-state index contributed by atoms with van der Waals surface area (Å²) in [5.74, 6) is -2.55. The summed E-state index contributed by atoms with van der Waals surface area (Å²) in [6.45, 7) is 3.80. The van der Waals surface area contributed by atoms with Crippen LogP contribution in [-0.4, -0.2) is 11.1 Å². The van der Waals surface area contributed by atoms with Gasteiger partial charge in [-0.2, -0.15) is 0 Å². The van der Waals surface area contributed by atoms with Crippen LogP contribution >= 0.6 is 11.6 Å². The molecular formula is C13H16ClFO2. The van der Waals surface area contributed by atoms with Gasteiger partial charge in [0, 0.05) is 10.6 Å². The molecule has 0 aromatic heterocycles. The molecule has 0 aliphatic carbocycles. The predicted molar refractivity (Wildman–Crippen MR) is 65.9 cm³/mol. The largest absolute Gasteiger partial charge is 0.481 e. The van der Waals surface area contributed by atoms with Crippen molar-refractivity contribution in [2.45, 2.75) is 32.6 Å². The molecule has 0 heterocycles. The van der Waals surface area contributed by atoms with Gasteiger partial charge in [-0.3, -0.25) is 4.79 Å². The van der Waals surface area contributed by atoms with Crippen LogP contribution in [-0.2, 0) is 4.79 Å². The van der Waals surface area contributed by atoms with Crippen molar-refractivity contribution in [2.75, 3.05) is 0 Å². The Labute approximate surface area is 105 Å².